The number of carbonyl (C=O) groups is 1. The SMILES string of the molecule is Nc1ccc(/C(=C\c2ccc(F)cc2)C(=O)NC2CC2)cc1. The van der Waals surface area contributed by atoms with Crippen LogP contribution in [0.1, 0.15) is 24.0 Å². The quantitative estimate of drug-likeness (QED) is 0.517. The lowest BCUT2D eigenvalue weighted by atomic mass is 10.0. The topological polar surface area (TPSA) is 55.1 Å². The van der Waals surface area contributed by atoms with Crippen molar-refractivity contribution in [1.82, 2.24) is 5.32 Å². The van der Waals surface area contributed by atoms with Gasteiger partial charge in [-0.3, -0.25) is 4.79 Å². The van der Waals surface area contributed by atoms with E-state index in [9.17, 15) is 9.18 Å². The van der Waals surface area contributed by atoms with E-state index in [1.807, 2.05) is 12.1 Å². The molecule has 1 saturated carbocycles. The Morgan fingerprint density at radius 3 is 2.32 bits per heavy atom. The molecule has 1 aliphatic carbocycles. The Labute approximate surface area is 128 Å². The fraction of sp³-hybridized carbons (Fsp3) is 0.167. The van der Waals surface area contributed by atoms with Gasteiger partial charge >= 0.3 is 0 Å². The molecule has 112 valence electrons. The molecule has 0 saturated heterocycles. The van der Waals surface area contributed by atoms with Crippen LogP contribution in [0.4, 0.5) is 10.1 Å². The van der Waals surface area contributed by atoms with E-state index in [2.05, 4.69) is 5.32 Å². The molecule has 3 N–H and O–H groups in total. The number of benzene rings is 2. The molecule has 1 amide bonds. The molecule has 1 aliphatic rings. The third-order valence-electron chi connectivity index (χ3n) is 3.56. The minimum atomic E-state index is -0.298. The maximum absolute atomic E-state index is 13.0. The molecule has 2 aromatic rings. The number of nitrogen functional groups attached to an aromatic ring is 1. The number of nitrogens with two attached hydrogens (primary N) is 1. The van der Waals surface area contributed by atoms with Crippen LogP contribution in [0.15, 0.2) is 48.5 Å². The fourth-order valence-corrected chi connectivity index (χ4v) is 2.16. The maximum atomic E-state index is 13.0. The summed E-state index contributed by atoms with van der Waals surface area (Å²) in [6, 6.07) is 13.5. The summed E-state index contributed by atoms with van der Waals surface area (Å²) in [5.74, 6) is -0.412. The maximum Gasteiger partial charge on any atom is 0.252 e. The normalized spacial score (nSPS) is 14.7. The van der Waals surface area contributed by atoms with Gasteiger partial charge < -0.3 is 11.1 Å². The predicted octanol–water partition coefficient (Wildman–Crippen LogP) is 3.23. The van der Waals surface area contributed by atoms with E-state index >= 15 is 0 Å². The summed E-state index contributed by atoms with van der Waals surface area (Å²) in [6.45, 7) is 0. The van der Waals surface area contributed by atoms with Crippen molar-refractivity contribution in [3.05, 3.63) is 65.5 Å². The van der Waals surface area contributed by atoms with Crippen LogP contribution >= 0.6 is 0 Å². The van der Waals surface area contributed by atoms with Crippen molar-refractivity contribution < 1.29 is 9.18 Å². The van der Waals surface area contributed by atoms with Gasteiger partial charge in [0.15, 0.2) is 0 Å². The van der Waals surface area contributed by atoms with Crippen LogP contribution < -0.4 is 11.1 Å². The first kappa shape index (κ1) is 14.3. The molecule has 0 heterocycles. The van der Waals surface area contributed by atoms with E-state index in [1.165, 1.54) is 12.1 Å². The van der Waals surface area contributed by atoms with Crippen molar-refractivity contribution >= 4 is 23.2 Å². The Morgan fingerprint density at radius 1 is 1.09 bits per heavy atom. The highest BCUT2D eigenvalue weighted by Crippen LogP contribution is 2.24. The van der Waals surface area contributed by atoms with E-state index in [-0.39, 0.29) is 17.8 Å². The van der Waals surface area contributed by atoms with E-state index < -0.39 is 0 Å². The van der Waals surface area contributed by atoms with E-state index in [0.29, 0.717) is 11.3 Å². The molecule has 1 fully saturated rings. The summed E-state index contributed by atoms with van der Waals surface area (Å²) in [5.41, 5.74) is 8.47. The molecule has 0 atom stereocenters. The standard InChI is InChI=1S/C18H17FN2O/c19-14-5-1-12(2-6-14)11-17(18(22)21-16-9-10-16)13-3-7-15(20)8-4-13/h1-8,11,16H,9-10,20H2,(H,21,22)/b17-11+. The lowest BCUT2D eigenvalue weighted by Crippen LogP contribution is -2.26. The van der Waals surface area contributed by atoms with Gasteiger partial charge in [-0.05, 0) is 54.3 Å². The Hall–Kier alpha value is -2.62. The number of anilines is 1. The van der Waals surface area contributed by atoms with Crippen molar-refractivity contribution in [1.29, 1.82) is 0 Å². The number of halogens is 1. The Kier molecular flexibility index (Phi) is 3.92. The fourth-order valence-electron chi connectivity index (χ4n) is 2.16. The average molecular weight is 296 g/mol. The van der Waals surface area contributed by atoms with Crippen LogP contribution in [0.2, 0.25) is 0 Å². The molecule has 0 spiro atoms. The number of carbonyl (C=O) groups excluding carboxylic acids is 1. The van der Waals surface area contributed by atoms with Gasteiger partial charge in [0.2, 0.25) is 0 Å². The first-order chi connectivity index (χ1) is 10.6. The summed E-state index contributed by atoms with van der Waals surface area (Å²) in [5, 5.41) is 2.99. The lowest BCUT2D eigenvalue weighted by Gasteiger charge is -2.09. The van der Waals surface area contributed by atoms with Gasteiger partial charge in [-0.15, -0.1) is 0 Å². The second-order valence-electron chi connectivity index (χ2n) is 5.48. The lowest BCUT2D eigenvalue weighted by molar-refractivity contribution is -0.115. The third-order valence-corrected chi connectivity index (χ3v) is 3.56. The van der Waals surface area contributed by atoms with Gasteiger partial charge in [0.25, 0.3) is 5.91 Å². The van der Waals surface area contributed by atoms with Gasteiger partial charge in [-0.25, -0.2) is 4.39 Å². The zero-order valence-corrected chi connectivity index (χ0v) is 12.1. The largest absolute Gasteiger partial charge is 0.399 e. The van der Waals surface area contributed by atoms with Crippen molar-refractivity contribution in [3.63, 3.8) is 0 Å². The first-order valence-corrected chi connectivity index (χ1v) is 7.26. The molecular formula is C18H17FN2O. The smallest absolute Gasteiger partial charge is 0.252 e. The summed E-state index contributed by atoms with van der Waals surface area (Å²) in [7, 11) is 0. The van der Waals surface area contributed by atoms with Gasteiger partial charge in [0.1, 0.15) is 5.82 Å². The van der Waals surface area contributed by atoms with Crippen molar-refractivity contribution in [2.75, 3.05) is 5.73 Å². The second-order valence-corrected chi connectivity index (χ2v) is 5.48. The summed E-state index contributed by atoms with van der Waals surface area (Å²) in [4.78, 5) is 12.5. The first-order valence-electron chi connectivity index (χ1n) is 7.26. The Bertz CT molecular complexity index is 701. The van der Waals surface area contributed by atoms with Gasteiger partial charge in [-0.1, -0.05) is 24.3 Å². The number of nitrogens with one attached hydrogen (secondary N) is 1. The molecule has 3 rings (SSSR count). The van der Waals surface area contributed by atoms with Gasteiger partial charge in [0, 0.05) is 17.3 Å². The second kappa shape index (κ2) is 6.02. The molecule has 2 aromatic carbocycles. The molecule has 0 unspecified atom stereocenters. The van der Waals surface area contributed by atoms with Crippen LogP contribution in [0.25, 0.3) is 11.6 Å². The molecule has 0 bridgehead atoms. The van der Waals surface area contributed by atoms with Crippen LogP contribution in [0, 0.1) is 5.82 Å². The molecule has 22 heavy (non-hydrogen) atoms. The van der Waals surface area contributed by atoms with Crippen LogP contribution in [-0.2, 0) is 4.79 Å². The van der Waals surface area contributed by atoms with E-state index in [1.54, 1.807) is 30.3 Å². The molecule has 0 radical (unpaired) electrons. The number of rotatable bonds is 4. The molecule has 0 aromatic heterocycles. The van der Waals surface area contributed by atoms with E-state index in [4.69, 9.17) is 5.73 Å². The van der Waals surface area contributed by atoms with Gasteiger partial charge in [0.05, 0.1) is 0 Å². The number of hydrogen-bond acceptors (Lipinski definition) is 2. The molecule has 3 nitrogen and oxygen atoms in total. The van der Waals surface area contributed by atoms with Crippen molar-refractivity contribution in [2.24, 2.45) is 0 Å². The Morgan fingerprint density at radius 2 is 1.73 bits per heavy atom. The third kappa shape index (κ3) is 3.52. The summed E-state index contributed by atoms with van der Waals surface area (Å²) >= 11 is 0. The highest BCUT2D eigenvalue weighted by atomic mass is 19.1. The van der Waals surface area contributed by atoms with Crippen LogP contribution in [0.3, 0.4) is 0 Å². The number of hydrogen-bond donors (Lipinski definition) is 2. The molecular weight excluding hydrogens is 279 g/mol. The number of amides is 1. The van der Waals surface area contributed by atoms with Crippen molar-refractivity contribution in [2.45, 2.75) is 18.9 Å². The average Bonchev–Trinajstić information content (AvgIpc) is 3.31. The monoisotopic (exact) mass is 296 g/mol. The minimum absolute atomic E-state index is 0.114. The van der Waals surface area contributed by atoms with E-state index in [0.717, 1.165) is 24.0 Å². The predicted molar refractivity (Wildman–Crippen MR) is 86.3 cm³/mol. The zero-order chi connectivity index (χ0) is 15.5. The Balaban J connectivity index is 1.95. The van der Waals surface area contributed by atoms with Crippen LogP contribution in [0.5, 0.6) is 0 Å². The highest BCUT2D eigenvalue weighted by Gasteiger charge is 2.25. The zero-order valence-electron chi connectivity index (χ0n) is 12.1. The van der Waals surface area contributed by atoms with Crippen molar-refractivity contribution in [3.8, 4) is 0 Å². The summed E-state index contributed by atoms with van der Waals surface area (Å²) < 4.78 is 13.0. The molecule has 0 aliphatic heterocycles. The minimum Gasteiger partial charge on any atom is -0.399 e. The van der Waals surface area contributed by atoms with Crippen LogP contribution in [-0.4, -0.2) is 11.9 Å². The highest BCUT2D eigenvalue weighted by molar-refractivity contribution is 6.24. The molecule has 4 heteroatoms. The van der Waals surface area contributed by atoms with Gasteiger partial charge in [-0.2, -0.15) is 0 Å². The summed E-state index contributed by atoms with van der Waals surface area (Å²) in [6.07, 6.45) is 3.82.